The number of aryl methyl sites for hydroxylation is 1. The Hall–Kier alpha value is -2.38. The number of Topliss-reactive ketones (excluding diaryl/α,β-unsaturated/α-hetero) is 2. The largest absolute Gasteiger partial charge is 0.355 e. The number of ketones is 2. The Kier molecular flexibility index (Phi) is 6.53. The summed E-state index contributed by atoms with van der Waals surface area (Å²) in [4.78, 5) is 45.4. The van der Waals surface area contributed by atoms with Gasteiger partial charge >= 0.3 is 0 Å². The molecule has 1 aromatic carbocycles. The minimum Gasteiger partial charge on any atom is -0.355 e. The smallest absolute Gasteiger partial charge is 0.262 e. The standard InChI is InChI=1S/C22H24ClN3O3S/c1-11(2)9-26-21(29)16-8-15(23)6-7-17(16)25-22(26)30-10-18(28)20-12(3)19(14(5)27)13(4)24-20/h6-8,11,24H,9-10H2,1-5H3. The average Bonchev–Trinajstić information content (AvgIpc) is 2.97. The molecule has 3 aromatic rings. The number of benzene rings is 1. The quantitative estimate of drug-likeness (QED) is 0.320. The first kappa shape index (κ1) is 22.3. The van der Waals surface area contributed by atoms with E-state index in [1.165, 1.54) is 18.7 Å². The highest BCUT2D eigenvalue weighted by Crippen LogP contribution is 2.24. The van der Waals surface area contributed by atoms with Crippen LogP contribution in [-0.4, -0.2) is 31.9 Å². The van der Waals surface area contributed by atoms with Gasteiger partial charge in [-0.15, -0.1) is 0 Å². The van der Waals surface area contributed by atoms with Gasteiger partial charge in [0, 0.05) is 22.8 Å². The SMILES string of the molecule is CC(=O)c1c(C)[nH]c(C(=O)CSc2nc3ccc(Cl)cc3c(=O)n2CC(C)C)c1C. The van der Waals surface area contributed by atoms with Crippen molar-refractivity contribution in [2.45, 2.75) is 46.3 Å². The number of rotatable bonds is 7. The lowest BCUT2D eigenvalue weighted by Crippen LogP contribution is -2.26. The lowest BCUT2D eigenvalue weighted by molar-refractivity contribution is 0.101. The first-order valence-electron chi connectivity index (χ1n) is 9.66. The number of thioether (sulfide) groups is 1. The Balaban J connectivity index is 1.96. The third-order valence-corrected chi connectivity index (χ3v) is 6.04. The van der Waals surface area contributed by atoms with Crippen LogP contribution in [0.5, 0.6) is 0 Å². The Morgan fingerprint density at radius 2 is 1.97 bits per heavy atom. The summed E-state index contributed by atoms with van der Waals surface area (Å²) in [6.45, 7) is 9.56. The molecule has 0 atom stereocenters. The Bertz CT molecular complexity index is 1210. The molecular formula is C22H24ClN3O3S. The van der Waals surface area contributed by atoms with Crippen LogP contribution in [0.15, 0.2) is 28.2 Å². The van der Waals surface area contributed by atoms with Crippen molar-refractivity contribution in [3.63, 3.8) is 0 Å². The molecule has 0 aliphatic rings. The first-order valence-corrected chi connectivity index (χ1v) is 11.0. The summed E-state index contributed by atoms with van der Waals surface area (Å²) in [5.41, 5.74) is 2.70. The van der Waals surface area contributed by atoms with Gasteiger partial charge in [-0.05, 0) is 50.5 Å². The summed E-state index contributed by atoms with van der Waals surface area (Å²) in [5, 5.41) is 1.43. The van der Waals surface area contributed by atoms with E-state index in [1.54, 1.807) is 36.6 Å². The van der Waals surface area contributed by atoms with Crippen LogP contribution < -0.4 is 5.56 Å². The average molecular weight is 446 g/mol. The molecular weight excluding hydrogens is 422 g/mol. The van der Waals surface area contributed by atoms with Gasteiger partial charge in [0.25, 0.3) is 5.56 Å². The van der Waals surface area contributed by atoms with E-state index in [-0.39, 0.29) is 28.8 Å². The molecule has 1 N–H and O–H groups in total. The van der Waals surface area contributed by atoms with Gasteiger partial charge in [0.2, 0.25) is 0 Å². The number of carbonyl (C=O) groups excluding carboxylic acids is 2. The van der Waals surface area contributed by atoms with E-state index < -0.39 is 0 Å². The highest BCUT2D eigenvalue weighted by molar-refractivity contribution is 7.99. The number of halogens is 1. The van der Waals surface area contributed by atoms with Gasteiger partial charge in [-0.1, -0.05) is 37.2 Å². The monoisotopic (exact) mass is 445 g/mol. The molecule has 0 saturated carbocycles. The number of nitrogens with one attached hydrogen (secondary N) is 1. The number of hydrogen-bond acceptors (Lipinski definition) is 5. The van der Waals surface area contributed by atoms with Crippen LogP contribution in [0, 0.1) is 19.8 Å². The van der Waals surface area contributed by atoms with Crippen LogP contribution in [-0.2, 0) is 6.54 Å². The van der Waals surface area contributed by atoms with Gasteiger partial charge in [-0.25, -0.2) is 4.98 Å². The van der Waals surface area contributed by atoms with Gasteiger partial charge in [0.05, 0.1) is 22.3 Å². The van der Waals surface area contributed by atoms with Crippen LogP contribution in [0.3, 0.4) is 0 Å². The lowest BCUT2D eigenvalue weighted by atomic mass is 10.1. The molecule has 2 heterocycles. The fraction of sp³-hybridized carbons (Fsp3) is 0.364. The van der Waals surface area contributed by atoms with Gasteiger partial charge in [0.1, 0.15) is 0 Å². The fourth-order valence-corrected chi connectivity index (χ4v) is 4.62. The zero-order valence-electron chi connectivity index (χ0n) is 17.6. The fourth-order valence-electron chi connectivity index (χ4n) is 3.57. The van der Waals surface area contributed by atoms with E-state index in [0.29, 0.717) is 50.1 Å². The van der Waals surface area contributed by atoms with Crippen molar-refractivity contribution in [3.05, 3.63) is 56.1 Å². The molecule has 6 nitrogen and oxygen atoms in total. The van der Waals surface area contributed by atoms with Gasteiger partial charge < -0.3 is 4.98 Å². The van der Waals surface area contributed by atoms with Crippen molar-refractivity contribution in [2.24, 2.45) is 5.92 Å². The number of nitrogens with zero attached hydrogens (tertiary/aromatic N) is 2. The Labute approximate surface area is 184 Å². The molecule has 0 radical (unpaired) electrons. The zero-order valence-corrected chi connectivity index (χ0v) is 19.2. The number of H-pyrrole nitrogens is 1. The lowest BCUT2D eigenvalue weighted by Gasteiger charge is -2.15. The number of fused-ring (bicyclic) bond motifs is 1. The molecule has 0 unspecified atom stereocenters. The van der Waals surface area contributed by atoms with Crippen LogP contribution in [0.2, 0.25) is 5.02 Å². The maximum absolute atomic E-state index is 13.1. The number of aromatic amines is 1. The van der Waals surface area contributed by atoms with Crippen LogP contribution in [0.25, 0.3) is 10.9 Å². The molecule has 3 rings (SSSR count). The molecule has 0 fully saturated rings. The molecule has 0 aliphatic carbocycles. The molecule has 8 heteroatoms. The third-order valence-electron chi connectivity index (χ3n) is 4.83. The van der Waals surface area contributed by atoms with Gasteiger partial charge in [-0.2, -0.15) is 0 Å². The van der Waals surface area contributed by atoms with Crippen molar-refractivity contribution in [3.8, 4) is 0 Å². The second-order valence-corrected chi connectivity index (χ2v) is 9.14. The molecule has 0 saturated heterocycles. The number of aromatic nitrogens is 3. The normalized spacial score (nSPS) is 11.4. The van der Waals surface area contributed by atoms with E-state index >= 15 is 0 Å². The molecule has 0 amide bonds. The zero-order chi connectivity index (χ0) is 22.2. The summed E-state index contributed by atoms with van der Waals surface area (Å²) in [7, 11) is 0. The van der Waals surface area contributed by atoms with E-state index in [9.17, 15) is 14.4 Å². The minimum atomic E-state index is -0.170. The van der Waals surface area contributed by atoms with Crippen molar-refractivity contribution in [2.75, 3.05) is 5.75 Å². The van der Waals surface area contributed by atoms with Crippen LogP contribution in [0.4, 0.5) is 0 Å². The molecule has 0 spiro atoms. The number of carbonyl (C=O) groups is 2. The van der Waals surface area contributed by atoms with Crippen molar-refractivity contribution in [1.29, 1.82) is 0 Å². The van der Waals surface area contributed by atoms with Crippen molar-refractivity contribution < 1.29 is 9.59 Å². The molecule has 30 heavy (non-hydrogen) atoms. The second kappa shape index (κ2) is 8.78. The molecule has 2 aromatic heterocycles. The summed E-state index contributed by atoms with van der Waals surface area (Å²) in [6, 6.07) is 5.02. The van der Waals surface area contributed by atoms with Crippen LogP contribution >= 0.6 is 23.4 Å². The molecule has 158 valence electrons. The van der Waals surface area contributed by atoms with Gasteiger partial charge in [0.15, 0.2) is 16.7 Å². The van der Waals surface area contributed by atoms with Gasteiger partial charge in [-0.3, -0.25) is 19.0 Å². The topological polar surface area (TPSA) is 84.8 Å². The maximum Gasteiger partial charge on any atom is 0.262 e. The summed E-state index contributed by atoms with van der Waals surface area (Å²) in [5.74, 6) is 0.104. The van der Waals surface area contributed by atoms with E-state index in [2.05, 4.69) is 9.97 Å². The van der Waals surface area contributed by atoms with E-state index in [1.807, 2.05) is 13.8 Å². The molecule has 0 bridgehead atoms. The highest BCUT2D eigenvalue weighted by Gasteiger charge is 2.21. The Morgan fingerprint density at radius 3 is 2.57 bits per heavy atom. The summed E-state index contributed by atoms with van der Waals surface area (Å²) >= 11 is 7.28. The predicted molar refractivity (Wildman–Crippen MR) is 121 cm³/mol. The summed E-state index contributed by atoms with van der Waals surface area (Å²) in [6.07, 6.45) is 0. The first-order chi connectivity index (χ1) is 14.1. The predicted octanol–water partition coefficient (Wildman–Crippen LogP) is 4.83. The maximum atomic E-state index is 13.1. The second-order valence-electron chi connectivity index (χ2n) is 7.76. The third kappa shape index (κ3) is 4.37. The van der Waals surface area contributed by atoms with Crippen LogP contribution in [0.1, 0.15) is 52.9 Å². The molecule has 0 aliphatic heterocycles. The Morgan fingerprint density at radius 1 is 1.27 bits per heavy atom. The minimum absolute atomic E-state index is 0.0754. The van der Waals surface area contributed by atoms with Crippen molar-refractivity contribution in [1.82, 2.24) is 14.5 Å². The van der Waals surface area contributed by atoms with E-state index in [0.717, 1.165) is 0 Å². The highest BCUT2D eigenvalue weighted by atomic mass is 35.5. The summed E-state index contributed by atoms with van der Waals surface area (Å²) < 4.78 is 1.61. The van der Waals surface area contributed by atoms with E-state index in [4.69, 9.17) is 11.6 Å². The van der Waals surface area contributed by atoms with Crippen molar-refractivity contribution >= 4 is 45.8 Å². The number of hydrogen-bond donors (Lipinski definition) is 1.